The van der Waals surface area contributed by atoms with E-state index >= 15 is 0 Å². The lowest BCUT2D eigenvalue weighted by atomic mass is 9.96. The fraction of sp³-hybridized carbons (Fsp3) is 0.581. The van der Waals surface area contributed by atoms with E-state index < -0.39 is 0 Å². The highest BCUT2D eigenvalue weighted by atomic mass is 32.2. The largest absolute Gasteiger partial charge is 0.149 e. The molecule has 0 saturated carbocycles. The van der Waals surface area contributed by atoms with Crippen molar-refractivity contribution in [1.82, 2.24) is 0 Å². The Balaban J connectivity index is 1.09. The van der Waals surface area contributed by atoms with Crippen LogP contribution in [-0.4, -0.2) is 16.3 Å². The van der Waals surface area contributed by atoms with E-state index in [0.717, 1.165) is 29.4 Å². The Hall–Kier alpha value is -0.760. The maximum absolute atomic E-state index is 2.67. The quantitative estimate of drug-likeness (QED) is 0.111. The van der Waals surface area contributed by atoms with E-state index in [1.165, 1.54) is 103 Å². The van der Waals surface area contributed by atoms with E-state index in [-0.39, 0.29) is 0 Å². The standard InChI is InChI=1S/C43H58S6/c1-27(2)10-8-12-29(5)14-16-32-18-20-36(46-32)38-22-23-44-39-25-40-35(24-34(39)31(7)45-38)43-42(48-40)26-41(49-43)37-21-19-33(47-37)17-15-30(6)13-9-11-28(3)4/h18-22,24-31,34,39H,8-17,23H2,1-7H3/b38-22-. The van der Waals surface area contributed by atoms with Crippen molar-refractivity contribution in [3.8, 4) is 9.75 Å². The number of aryl methyl sites for hydroxylation is 2. The Morgan fingerprint density at radius 3 is 1.96 bits per heavy atom. The number of rotatable bonds is 16. The van der Waals surface area contributed by atoms with E-state index in [1.807, 2.05) is 45.3 Å². The van der Waals surface area contributed by atoms with E-state index in [0.29, 0.717) is 16.4 Å². The zero-order valence-electron chi connectivity index (χ0n) is 30.9. The van der Waals surface area contributed by atoms with Gasteiger partial charge in [0.1, 0.15) is 0 Å². The molecule has 5 heterocycles. The summed E-state index contributed by atoms with van der Waals surface area (Å²) in [5, 5.41) is 2.62. The van der Waals surface area contributed by atoms with Gasteiger partial charge < -0.3 is 0 Å². The zero-order chi connectivity index (χ0) is 34.5. The summed E-state index contributed by atoms with van der Waals surface area (Å²) in [6.07, 6.45) is 21.1. The van der Waals surface area contributed by atoms with Crippen LogP contribution in [0.3, 0.4) is 0 Å². The molecule has 0 radical (unpaired) electrons. The number of hydrogen-bond donors (Lipinski definition) is 0. The number of hydrogen-bond acceptors (Lipinski definition) is 6. The van der Waals surface area contributed by atoms with Crippen molar-refractivity contribution in [3.63, 3.8) is 0 Å². The zero-order valence-corrected chi connectivity index (χ0v) is 35.8. The molecule has 1 aliphatic carbocycles. The van der Waals surface area contributed by atoms with Crippen molar-refractivity contribution in [2.45, 2.75) is 123 Å². The molecule has 266 valence electrons. The molecule has 0 bridgehead atoms. The molecule has 6 rings (SSSR count). The van der Waals surface area contributed by atoms with Gasteiger partial charge in [0.05, 0.1) is 4.70 Å². The van der Waals surface area contributed by atoms with Crippen LogP contribution >= 0.6 is 68.9 Å². The minimum Gasteiger partial charge on any atom is -0.149 e. The first-order valence-electron chi connectivity index (χ1n) is 19.1. The highest BCUT2D eigenvalue weighted by Gasteiger charge is 2.30. The minimum absolute atomic E-state index is 0.544. The van der Waals surface area contributed by atoms with Crippen molar-refractivity contribution in [3.05, 3.63) is 60.8 Å². The summed E-state index contributed by atoms with van der Waals surface area (Å²) in [4.78, 5) is 9.02. The Morgan fingerprint density at radius 1 is 0.673 bits per heavy atom. The van der Waals surface area contributed by atoms with Crippen molar-refractivity contribution < 1.29 is 0 Å². The van der Waals surface area contributed by atoms with Gasteiger partial charge in [-0.15, -0.1) is 68.9 Å². The monoisotopic (exact) mass is 766 g/mol. The molecule has 6 heteroatoms. The molecule has 1 aliphatic heterocycles. The average molecular weight is 767 g/mol. The first-order valence-corrected chi connectivity index (χ1v) is 24.2. The number of thioether (sulfide) groups is 2. The third-order valence-electron chi connectivity index (χ3n) is 10.4. The average Bonchev–Trinajstić information content (AvgIpc) is 3.85. The molecule has 0 fully saturated rings. The molecule has 49 heavy (non-hydrogen) atoms. The van der Waals surface area contributed by atoms with Crippen LogP contribution in [0.15, 0.2) is 36.4 Å². The predicted molar refractivity (Wildman–Crippen MR) is 233 cm³/mol. The van der Waals surface area contributed by atoms with Crippen LogP contribution in [0.1, 0.15) is 114 Å². The third-order valence-corrected chi connectivity index (χ3v) is 18.0. The lowest BCUT2D eigenvalue weighted by Gasteiger charge is -2.30. The summed E-state index contributed by atoms with van der Waals surface area (Å²) in [6, 6.07) is 12.1. The molecule has 0 saturated heterocycles. The molecule has 5 unspecified atom stereocenters. The second-order valence-corrected chi connectivity index (χ2v) is 22.9. The van der Waals surface area contributed by atoms with Crippen LogP contribution in [0.25, 0.3) is 36.2 Å². The van der Waals surface area contributed by atoms with Crippen molar-refractivity contribution in [2.75, 3.05) is 5.75 Å². The fourth-order valence-corrected chi connectivity index (χ4v) is 14.9. The molecular formula is C43H58S6. The van der Waals surface area contributed by atoms with Gasteiger partial charge in [0.25, 0.3) is 0 Å². The number of thiophene rings is 4. The minimum atomic E-state index is 0.544. The van der Waals surface area contributed by atoms with Gasteiger partial charge in [0, 0.05) is 65.9 Å². The van der Waals surface area contributed by atoms with Crippen LogP contribution < -0.4 is 9.75 Å². The lowest BCUT2D eigenvalue weighted by molar-refractivity contribution is 0.437. The van der Waals surface area contributed by atoms with Gasteiger partial charge in [-0.3, -0.25) is 0 Å². The van der Waals surface area contributed by atoms with E-state index in [2.05, 4.69) is 121 Å². The Morgan fingerprint density at radius 2 is 1.31 bits per heavy atom. The van der Waals surface area contributed by atoms with Crippen molar-refractivity contribution in [1.29, 1.82) is 0 Å². The molecule has 0 nitrogen and oxygen atoms in total. The van der Waals surface area contributed by atoms with Crippen LogP contribution in [0, 0.1) is 29.6 Å². The summed E-state index contributed by atoms with van der Waals surface area (Å²) >= 11 is 12.4. The van der Waals surface area contributed by atoms with Crippen molar-refractivity contribution >= 4 is 95.3 Å². The third kappa shape index (κ3) is 10.2. The van der Waals surface area contributed by atoms with E-state index in [4.69, 9.17) is 0 Å². The van der Waals surface area contributed by atoms with Crippen LogP contribution in [0.5, 0.6) is 0 Å². The van der Waals surface area contributed by atoms with Gasteiger partial charge in [-0.2, -0.15) is 0 Å². The Bertz CT molecular complexity index is 1790. The van der Waals surface area contributed by atoms with Crippen LogP contribution in [-0.2, 0) is 12.8 Å². The second-order valence-electron chi connectivity index (χ2n) is 15.8. The highest BCUT2D eigenvalue weighted by Crippen LogP contribution is 2.45. The van der Waals surface area contributed by atoms with Gasteiger partial charge in [-0.1, -0.05) is 105 Å². The lowest BCUT2D eigenvalue weighted by Crippen LogP contribution is -2.35. The summed E-state index contributed by atoms with van der Waals surface area (Å²) in [5.74, 6) is 4.95. The van der Waals surface area contributed by atoms with E-state index in [9.17, 15) is 0 Å². The topological polar surface area (TPSA) is 0 Å². The molecule has 0 amide bonds. The van der Waals surface area contributed by atoms with E-state index in [1.54, 1.807) is 9.75 Å². The molecule has 4 aromatic heterocycles. The van der Waals surface area contributed by atoms with Crippen molar-refractivity contribution in [2.24, 2.45) is 29.6 Å². The summed E-state index contributed by atoms with van der Waals surface area (Å²) < 4.78 is 4.49. The molecule has 0 aromatic carbocycles. The van der Waals surface area contributed by atoms with Gasteiger partial charge in [-0.25, -0.2) is 0 Å². The molecule has 0 spiro atoms. The Kier molecular flexibility index (Phi) is 13.8. The first kappa shape index (κ1) is 38.0. The summed E-state index contributed by atoms with van der Waals surface area (Å²) in [7, 11) is 0. The van der Waals surface area contributed by atoms with Crippen LogP contribution in [0.4, 0.5) is 0 Å². The normalized spacial score (nSPS) is 21.8. The highest BCUT2D eigenvalue weighted by molar-refractivity contribution is 8.09. The first-order chi connectivity index (χ1) is 23.6. The van der Waals surface area contributed by atoms with Gasteiger partial charge >= 0.3 is 0 Å². The summed E-state index contributed by atoms with van der Waals surface area (Å²) in [5.41, 5.74) is 0. The molecule has 5 atom stereocenters. The SMILES string of the molecule is CC(C)CCCC(C)CCc1ccc(/C2=C/CSC3C=c4sc5cc(-c6ccc(CCC(C)CCCC(C)C)s6)sc5c4=CC3C(C)S2)s1. The summed E-state index contributed by atoms with van der Waals surface area (Å²) in [6.45, 7) is 16.8. The number of fused-ring (bicyclic) bond motifs is 4. The molecular weight excluding hydrogens is 709 g/mol. The van der Waals surface area contributed by atoms with Crippen LogP contribution in [0.2, 0.25) is 0 Å². The Labute approximate surface area is 322 Å². The molecule has 2 aliphatic rings. The predicted octanol–water partition coefficient (Wildman–Crippen LogP) is 14.0. The smallest absolute Gasteiger partial charge is 0.0533 e. The second kappa shape index (κ2) is 17.8. The molecule has 0 N–H and O–H groups in total. The maximum atomic E-state index is 2.67. The van der Waals surface area contributed by atoms with Gasteiger partial charge in [0.15, 0.2) is 0 Å². The molecule has 4 aromatic rings. The maximum Gasteiger partial charge on any atom is 0.0533 e. The van der Waals surface area contributed by atoms with Gasteiger partial charge in [-0.05, 0) is 79.7 Å². The fourth-order valence-electron chi connectivity index (χ4n) is 7.26. The van der Waals surface area contributed by atoms with Gasteiger partial charge in [0.2, 0.25) is 0 Å².